The molecule has 7 nitrogen and oxygen atoms in total. The lowest BCUT2D eigenvalue weighted by Crippen LogP contribution is -2.44. The van der Waals surface area contributed by atoms with Gasteiger partial charge in [0, 0.05) is 17.1 Å². The predicted octanol–water partition coefficient (Wildman–Crippen LogP) is 2.49. The number of thiophene rings is 1. The highest BCUT2D eigenvalue weighted by Gasteiger charge is 2.27. The molecule has 1 fully saturated rings. The Bertz CT molecular complexity index is 1230. The molecule has 0 aliphatic heterocycles. The molecule has 1 aromatic carbocycles. The minimum atomic E-state index is -0.738. The predicted molar refractivity (Wildman–Crippen MR) is 113 cm³/mol. The van der Waals surface area contributed by atoms with Gasteiger partial charge in [0.25, 0.3) is 5.56 Å². The molecule has 8 heteroatoms. The first-order chi connectivity index (χ1) is 14.5. The number of hydrogen-bond acceptors (Lipinski definition) is 5. The monoisotopic (exact) mass is 420 g/mol. The van der Waals surface area contributed by atoms with Crippen LogP contribution in [0.15, 0.2) is 57.6 Å². The highest BCUT2D eigenvalue weighted by atomic mass is 32.1. The number of nitrogens with one attached hydrogen (secondary N) is 1. The summed E-state index contributed by atoms with van der Waals surface area (Å²) in [7, 11) is 0. The summed E-state index contributed by atoms with van der Waals surface area (Å²) in [6.07, 6.45) is 2.95. The first kappa shape index (κ1) is 19.9. The van der Waals surface area contributed by atoms with Crippen molar-refractivity contribution < 1.29 is 4.79 Å². The molecular weight excluding hydrogens is 400 g/mol. The smallest absolute Gasteiger partial charge is 0.331 e. The van der Waals surface area contributed by atoms with Crippen LogP contribution in [0.2, 0.25) is 0 Å². The number of nitrogens with zero attached hydrogens (tertiary/aromatic N) is 3. The third-order valence-corrected chi connectivity index (χ3v) is 6.04. The van der Waals surface area contributed by atoms with Crippen molar-refractivity contribution in [3.05, 3.63) is 90.4 Å². The van der Waals surface area contributed by atoms with Gasteiger partial charge in [-0.1, -0.05) is 35.9 Å². The lowest BCUT2D eigenvalue weighted by molar-refractivity contribution is -0.122. The maximum absolute atomic E-state index is 12.9. The quantitative estimate of drug-likeness (QED) is 0.663. The van der Waals surface area contributed by atoms with Crippen molar-refractivity contribution in [2.75, 3.05) is 0 Å². The van der Waals surface area contributed by atoms with Gasteiger partial charge in [-0.3, -0.25) is 14.2 Å². The van der Waals surface area contributed by atoms with E-state index in [9.17, 15) is 19.6 Å². The summed E-state index contributed by atoms with van der Waals surface area (Å²) in [6.45, 7) is 1.55. The third-order valence-electron chi connectivity index (χ3n) is 5.10. The Morgan fingerprint density at radius 3 is 2.60 bits per heavy atom. The molecule has 2 heterocycles. The van der Waals surface area contributed by atoms with E-state index < -0.39 is 29.7 Å². The number of amides is 1. The number of aromatic nitrogens is 2. The first-order valence-electron chi connectivity index (χ1n) is 9.63. The van der Waals surface area contributed by atoms with Gasteiger partial charge in [-0.15, -0.1) is 11.3 Å². The molecule has 1 amide bonds. The summed E-state index contributed by atoms with van der Waals surface area (Å²) in [5.74, 6) is -0.467. The fourth-order valence-electron chi connectivity index (χ4n) is 3.33. The van der Waals surface area contributed by atoms with E-state index in [1.165, 1.54) is 22.1 Å². The van der Waals surface area contributed by atoms with Crippen LogP contribution in [0.1, 0.15) is 46.5 Å². The molecule has 30 heavy (non-hydrogen) atoms. The van der Waals surface area contributed by atoms with E-state index in [1.54, 1.807) is 0 Å². The summed E-state index contributed by atoms with van der Waals surface area (Å²) in [5, 5.41) is 14.1. The molecule has 1 N–H and O–H groups in total. The maximum Gasteiger partial charge on any atom is 0.331 e. The molecule has 2 aromatic heterocycles. The number of carbonyl (C=O) groups is 1. The van der Waals surface area contributed by atoms with Gasteiger partial charge in [-0.25, -0.2) is 9.36 Å². The third kappa shape index (κ3) is 3.98. The van der Waals surface area contributed by atoms with Crippen LogP contribution in [0, 0.1) is 18.3 Å². The van der Waals surface area contributed by atoms with Gasteiger partial charge in [0.1, 0.15) is 18.2 Å². The van der Waals surface area contributed by atoms with Gasteiger partial charge in [-0.05, 0) is 36.8 Å². The molecule has 1 atom stereocenters. The highest BCUT2D eigenvalue weighted by molar-refractivity contribution is 7.10. The maximum atomic E-state index is 12.9. The Hall–Kier alpha value is -3.44. The normalized spacial score (nSPS) is 14.1. The minimum absolute atomic E-state index is 0.00839. The van der Waals surface area contributed by atoms with E-state index >= 15 is 0 Å². The van der Waals surface area contributed by atoms with Crippen molar-refractivity contribution >= 4 is 17.2 Å². The topological polar surface area (TPSA) is 96.9 Å². The van der Waals surface area contributed by atoms with Gasteiger partial charge in [0.05, 0.1) is 6.04 Å². The zero-order chi connectivity index (χ0) is 21.3. The van der Waals surface area contributed by atoms with Crippen LogP contribution < -0.4 is 16.6 Å². The van der Waals surface area contributed by atoms with E-state index in [2.05, 4.69) is 5.32 Å². The van der Waals surface area contributed by atoms with Gasteiger partial charge in [0.2, 0.25) is 5.91 Å². The van der Waals surface area contributed by atoms with Crippen molar-refractivity contribution in [2.24, 2.45) is 0 Å². The lowest BCUT2D eigenvalue weighted by atomic mass is 10.0. The van der Waals surface area contributed by atoms with Gasteiger partial charge in [-0.2, -0.15) is 5.26 Å². The van der Waals surface area contributed by atoms with Crippen molar-refractivity contribution in [2.45, 2.75) is 38.4 Å². The molecule has 4 rings (SSSR count). The Balaban J connectivity index is 1.64. The van der Waals surface area contributed by atoms with Crippen LogP contribution in [0.25, 0.3) is 0 Å². The molecule has 3 aromatic rings. The van der Waals surface area contributed by atoms with E-state index in [-0.39, 0.29) is 11.6 Å². The molecule has 0 spiro atoms. The zero-order valence-corrected chi connectivity index (χ0v) is 17.2. The van der Waals surface area contributed by atoms with Gasteiger partial charge < -0.3 is 5.32 Å². The highest BCUT2D eigenvalue weighted by Crippen LogP contribution is 2.33. The van der Waals surface area contributed by atoms with Crippen molar-refractivity contribution in [1.82, 2.24) is 14.5 Å². The van der Waals surface area contributed by atoms with Crippen LogP contribution in [0.3, 0.4) is 0 Å². The average molecular weight is 420 g/mol. The van der Waals surface area contributed by atoms with Crippen LogP contribution >= 0.6 is 11.3 Å². The number of benzene rings is 1. The van der Waals surface area contributed by atoms with Crippen LogP contribution in [0.4, 0.5) is 0 Å². The van der Waals surface area contributed by atoms with Crippen LogP contribution in [0.5, 0.6) is 0 Å². The van der Waals surface area contributed by atoms with Gasteiger partial charge in [0.15, 0.2) is 0 Å². The number of carbonyl (C=O) groups excluding carboxylic acids is 1. The summed E-state index contributed by atoms with van der Waals surface area (Å²) >= 11 is 1.51. The van der Waals surface area contributed by atoms with Crippen molar-refractivity contribution in [1.29, 1.82) is 5.26 Å². The number of hydrogen-bond donors (Lipinski definition) is 1. The minimum Gasteiger partial charge on any atom is -0.343 e. The van der Waals surface area contributed by atoms with E-state index in [0.29, 0.717) is 0 Å². The fourth-order valence-corrected chi connectivity index (χ4v) is 4.14. The van der Waals surface area contributed by atoms with Crippen molar-refractivity contribution in [3.63, 3.8) is 0 Å². The van der Waals surface area contributed by atoms with E-state index in [4.69, 9.17) is 0 Å². The van der Waals surface area contributed by atoms with Crippen LogP contribution in [-0.4, -0.2) is 15.0 Å². The Morgan fingerprint density at radius 1 is 1.27 bits per heavy atom. The molecule has 1 aliphatic carbocycles. The van der Waals surface area contributed by atoms with Crippen LogP contribution in [-0.2, 0) is 11.3 Å². The summed E-state index contributed by atoms with van der Waals surface area (Å²) in [5.41, 5.74) is 0.584. The first-order valence-corrected chi connectivity index (χ1v) is 10.5. The number of nitriles is 1. The second-order valence-corrected chi connectivity index (χ2v) is 8.37. The summed E-state index contributed by atoms with van der Waals surface area (Å²) in [4.78, 5) is 39.1. The molecule has 0 unspecified atom stereocenters. The number of aryl methyl sites for hydroxylation is 1. The standard InChI is InChI=1S/C22H20N4O3S/c1-14-4-6-15(7-5-14)20(18-3-2-10-30-18)24-19(27)13-26-21(28)16(11-23)12-25(22(26)29)17-8-9-17/h2-7,10,12,17,20H,8-9,13H2,1H3,(H,24,27)/t20-/m0/s1. The molecule has 1 saturated carbocycles. The van der Waals surface area contributed by atoms with Gasteiger partial charge >= 0.3 is 5.69 Å². The lowest BCUT2D eigenvalue weighted by Gasteiger charge is -2.19. The molecule has 1 aliphatic rings. The van der Waals surface area contributed by atoms with E-state index in [1.807, 2.05) is 54.8 Å². The van der Waals surface area contributed by atoms with Crippen molar-refractivity contribution in [3.8, 4) is 6.07 Å². The molecule has 0 bridgehead atoms. The summed E-state index contributed by atoms with van der Waals surface area (Å²) in [6, 6.07) is 13.1. The Morgan fingerprint density at radius 2 is 2.00 bits per heavy atom. The second-order valence-electron chi connectivity index (χ2n) is 7.39. The molecule has 152 valence electrons. The fraction of sp³-hybridized carbons (Fsp3) is 0.273. The zero-order valence-electron chi connectivity index (χ0n) is 16.4. The second kappa shape index (κ2) is 8.13. The molecular formula is C22H20N4O3S. The SMILES string of the molecule is Cc1ccc([C@H](NC(=O)Cn2c(=O)c(C#N)cn(C3CC3)c2=O)c2cccs2)cc1. The Kier molecular flexibility index (Phi) is 5.38. The average Bonchev–Trinajstić information content (AvgIpc) is 3.43. The number of rotatable bonds is 6. The largest absolute Gasteiger partial charge is 0.343 e. The molecule has 0 radical (unpaired) electrons. The summed E-state index contributed by atoms with van der Waals surface area (Å²) < 4.78 is 2.25. The molecule has 0 saturated heterocycles. The Labute approximate surface area is 176 Å². The van der Waals surface area contributed by atoms with E-state index in [0.717, 1.165) is 33.4 Å².